The molecule has 0 bridgehead atoms. The third kappa shape index (κ3) is 3.18. The Morgan fingerprint density at radius 2 is 1.95 bits per heavy atom. The lowest BCUT2D eigenvalue weighted by atomic mass is 10.2. The molecule has 0 saturated carbocycles. The predicted molar refractivity (Wildman–Crippen MR) is 76.2 cm³/mol. The lowest BCUT2D eigenvalue weighted by Gasteiger charge is -2.10. The monoisotopic (exact) mass is 316 g/mol. The zero-order chi connectivity index (χ0) is 14.0. The van der Waals surface area contributed by atoms with E-state index in [2.05, 4.69) is 9.71 Å². The number of halogens is 2. The van der Waals surface area contributed by atoms with Crippen LogP contribution in [0.4, 0.5) is 5.82 Å². The summed E-state index contributed by atoms with van der Waals surface area (Å²) in [6.45, 7) is 1.64. The summed E-state index contributed by atoms with van der Waals surface area (Å²) in [6, 6.07) is 7.68. The predicted octanol–water partition coefficient (Wildman–Crippen LogP) is 3.50. The van der Waals surface area contributed by atoms with Gasteiger partial charge in [-0.2, -0.15) is 0 Å². The minimum Gasteiger partial charge on any atom is -0.263 e. The number of hydrogen-bond donors (Lipinski definition) is 1. The first kappa shape index (κ1) is 14.1. The number of nitrogens with one attached hydrogen (secondary N) is 1. The minimum absolute atomic E-state index is 0.113. The molecule has 1 aromatic carbocycles. The van der Waals surface area contributed by atoms with E-state index in [-0.39, 0.29) is 10.7 Å². The molecule has 0 aliphatic carbocycles. The van der Waals surface area contributed by atoms with Gasteiger partial charge in [-0.15, -0.1) is 0 Å². The highest BCUT2D eigenvalue weighted by atomic mass is 35.5. The molecule has 100 valence electrons. The Labute approximate surface area is 121 Å². The van der Waals surface area contributed by atoms with Crippen LogP contribution in [0.2, 0.25) is 10.0 Å². The van der Waals surface area contributed by atoms with Crippen LogP contribution in [0.3, 0.4) is 0 Å². The summed E-state index contributed by atoms with van der Waals surface area (Å²) >= 11 is 11.7. The fraction of sp³-hybridized carbons (Fsp3) is 0.0833. The summed E-state index contributed by atoms with van der Waals surface area (Å²) in [5, 5.41) is 0.789. The molecule has 19 heavy (non-hydrogen) atoms. The zero-order valence-electron chi connectivity index (χ0n) is 9.89. The molecule has 4 nitrogen and oxygen atoms in total. The fourth-order valence-corrected chi connectivity index (χ4v) is 3.19. The molecule has 0 saturated heterocycles. The van der Waals surface area contributed by atoms with Crippen molar-refractivity contribution >= 4 is 39.0 Å². The van der Waals surface area contributed by atoms with E-state index in [4.69, 9.17) is 23.2 Å². The molecule has 2 rings (SSSR count). The van der Waals surface area contributed by atoms with Crippen molar-refractivity contribution in [3.05, 3.63) is 52.1 Å². The summed E-state index contributed by atoms with van der Waals surface area (Å²) in [4.78, 5) is 4.01. The van der Waals surface area contributed by atoms with Gasteiger partial charge in [-0.25, -0.2) is 13.4 Å². The number of benzene rings is 1. The molecule has 7 heteroatoms. The van der Waals surface area contributed by atoms with Crippen molar-refractivity contribution in [1.82, 2.24) is 4.98 Å². The Hall–Kier alpha value is -1.30. The molecule has 2 aromatic rings. The summed E-state index contributed by atoms with van der Waals surface area (Å²) in [5.74, 6) is 0.159. The first-order chi connectivity index (χ1) is 8.90. The van der Waals surface area contributed by atoms with Crippen LogP contribution < -0.4 is 4.72 Å². The van der Waals surface area contributed by atoms with E-state index in [1.807, 2.05) is 0 Å². The molecular weight excluding hydrogens is 307 g/mol. The summed E-state index contributed by atoms with van der Waals surface area (Å²) in [5.41, 5.74) is 0.485. The Balaban J connectivity index is 2.41. The normalized spacial score (nSPS) is 11.3. The Bertz CT molecular complexity index is 717. The highest BCUT2D eigenvalue weighted by Gasteiger charge is 2.18. The molecule has 0 spiro atoms. The number of pyridine rings is 1. The van der Waals surface area contributed by atoms with Crippen molar-refractivity contribution in [3.63, 3.8) is 0 Å². The molecular formula is C12H10Cl2N2O2S. The highest BCUT2D eigenvalue weighted by molar-refractivity contribution is 7.92. The smallest absolute Gasteiger partial charge is 0.263 e. The molecule has 1 heterocycles. The largest absolute Gasteiger partial charge is 0.263 e. The molecule has 0 atom stereocenters. The van der Waals surface area contributed by atoms with Crippen LogP contribution in [0.1, 0.15) is 5.56 Å². The average molecular weight is 317 g/mol. The third-order valence-electron chi connectivity index (χ3n) is 2.47. The number of hydrogen-bond acceptors (Lipinski definition) is 3. The Morgan fingerprint density at radius 1 is 1.21 bits per heavy atom. The molecule has 0 fully saturated rings. The van der Waals surface area contributed by atoms with Gasteiger partial charge in [-0.05, 0) is 30.7 Å². The van der Waals surface area contributed by atoms with Gasteiger partial charge in [0, 0.05) is 22.3 Å². The number of anilines is 1. The van der Waals surface area contributed by atoms with E-state index in [1.165, 1.54) is 18.3 Å². The van der Waals surface area contributed by atoms with Gasteiger partial charge in [0.05, 0.1) is 4.90 Å². The Morgan fingerprint density at radius 3 is 2.63 bits per heavy atom. The summed E-state index contributed by atoms with van der Waals surface area (Å²) in [6.07, 6.45) is 1.42. The first-order valence-electron chi connectivity index (χ1n) is 5.29. The second-order valence-electron chi connectivity index (χ2n) is 3.83. The molecule has 0 amide bonds. The van der Waals surface area contributed by atoms with E-state index in [9.17, 15) is 8.42 Å². The SMILES string of the molecule is Cc1c(Cl)cccc1S(=O)(=O)Nc1cc(Cl)ccn1. The zero-order valence-corrected chi connectivity index (χ0v) is 12.2. The topological polar surface area (TPSA) is 59.1 Å². The Kier molecular flexibility index (Phi) is 3.99. The lowest BCUT2D eigenvalue weighted by Crippen LogP contribution is -2.15. The summed E-state index contributed by atoms with van der Waals surface area (Å²) in [7, 11) is -3.74. The van der Waals surface area contributed by atoms with Gasteiger partial charge in [0.1, 0.15) is 5.82 Å². The van der Waals surface area contributed by atoms with Crippen LogP contribution in [-0.4, -0.2) is 13.4 Å². The number of aromatic nitrogens is 1. The van der Waals surface area contributed by atoms with Crippen molar-refractivity contribution in [2.24, 2.45) is 0 Å². The van der Waals surface area contributed by atoms with Crippen LogP contribution in [0.25, 0.3) is 0 Å². The molecule has 0 radical (unpaired) electrons. The van der Waals surface area contributed by atoms with Crippen molar-refractivity contribution < 1.29 is 8.42 Å². The number of nitrogens with zero attached hydrogens (tertiary/aromatic N) is 1. The van der Waals surface area contributed by atoms with Gasteiger partial charge in [0.2, 0.25) is 0 Å². The summed E-state index contributed by atoms with van der Waals surface area (Å²) < 4.78 is 26.8. The average Bonchev–Trinajstić information content (AvgIpc) is 2.32. The van der Waals surface area contributed by atoms with Gasteiger partial charge >= 0.3 is 0 Å². The van der Waals surface area contributed by atoms with Crippen LogP contribution in [-0.2, 0) is 10.0 Å². The molecule has 1 N–H and O–H groups in total. The van der Waals surface area contributed by atoms with Crippen molar-refractivity contribution in [1.29, 1.82) is 0 Å². The second kappa shape index (κ2) is 5.36. The number of sulfonamides is 1. The molecule has 0 unspecified atom stereocenters. The molecule has 0 aliphatic heterocycles. The molecule has 1 aromatic heterocycles. The number of rotatable bonds is 3. The van der Waals surface area contributed by atoms with Crippen LogP contribution in [0.15, 0.2) is 41.4 Å². The standard InChI is InChI=1S/C12H10Cl2N2O2S/c1-8-10(14)3-2-4-11(8)19(17,18)16-12-7-9(13)5-6-15-12/h2-7H,1H3,(H,15,16). The lowest BCUT2D eigenvalue weighted by molar-refractivity contribution is 0.600. The van der Waals surface area contributed by atoms with Gasteiger partial charge in [0.15, 0.2) is 0 Å². The van der Waals surface area contributed by atoms with E-state index in [0.717, 1.165) is 0 Å². The minimum atomic E-state index is -3.74. The van der Waals surface area contributed by atoms with Gasteiger partial charge in [-0.3, -0.25) is 4.72 Å². The maximum absolute atomic E-state index is 12.2. The first-order valence-corrected chi connectivity index (χ1v) is 7.53. The van der Waals surface area contributed by atoms with E-state index >= 15 is 0 Å². The van der Waals surface area contributed by atoms with Crippen molar-refractivity contribution in [2.45, 2.75) is 11.8 Å². The maximum atomic E-state index is 12.2. The van der Waals surface area contributed by atoms with Crippen LogP contribution >= 0.6 is 23.2 Å². The van der Waals surface area contributed by atoms with Crippen molar-refractivity contribution in [2.75, 3.05) is 4.72 Å². The van der Waals surface area contributed by atoms with E-state index < -0.39 is 10.0 Å². The van der Waals surface area contributed by atoms with Gasteiger partial charge < -0.3 is 0 Å². The van der Waals surface area contributed by atoms with E-state index in [1.54, 1.807) is 25.1 Å². The van der Waals surface area contributed by atoms with Crippen LogP contribution in [0.5, 0.6) is 0 Å². The third-order valence-corrected chi connectivity index (χ3v) is 4.61. The van der Waals surface area contributed by atoms with Gasteiger partial charge in [-0.1, -0.05) is 29.3 Å². The van der Waals surface area contributed by atoms with Crippen molar-refractivity contribution in [3.8, 4) is 0 Å². The quantitative estimate of drug-likeness (QED) is 0.942. The maximum Gasteiger partial charge on any atom is 0.263 e. The highest BCUT2D eigenvalue weighted by Crippen LogP contribution is 2.24. The van der Waals surface area contributed by atoms with E-state index in [0.29, 0.717) is 15.6 Å². The molecule has 0 aliphatic rings. The fourth-order valence-electron chi connectivity index (χ4n) is 1.53. The second-order valence-corrected chi connectivity index (χ2v) is 6.32. The van der Waals surface area contributed by atoms with Gasteiger partial charge in [0.25, 0.3) is 10.0 Å². The van der Waals surface area contributed by atoms with Crippen LogP contribution in [0, 0.1) is 6.92 Å².